The second kappa shape index (κ2) is 4.40. The Kier molecular flexibility index (Phi) is 3.47. The summed E-state index contributed by atoms with van der Waals surface area (Å²) in [6.07, 6.45) is 2.59. The van der Waals surface area contributed by atoms with Crippen LogP contribution in [0.4, 0.5) is 0 Å². The van der Waals surface area contributed by atoms with Crippen molar-refractivity contribution in [1.29, 1.82) is 0 Å². The zero-order chi connectivity index (χ0) is 8.97. The van der Waals surface area contributed by atoms with E-state index in [0.29, 0.717) is 0 Å². The summed E-state index contributed by atoms with van der Waals surface area (Å²) < 4.78 is 0. The molecule has 1 aromatic rings. The smallest absolute Gasteiger partial charge is 0.0774 e. The van der Waals surface area contributed by atoms with Crippen LogP contribution in [0.1, 0.15) is 22.9 Å². The zero-order valence-corrected chi connectivity index (χ0v) is 7.68. The summed E-state index contributed by atoms with van der Waals surface area (Å²) >= 11 is 1.54. The SMILES string of the molecule is C=CCC(N)c1csc(CO)c1. The number of aliphatic hydroxyl groups excluding tert-OH is 1. The number of hydrogen-bond donors (Lipinski definition) is 2. The second-order valence-corrected chi connectivity index (χ2v) is 3.63. The first-order valence-electron chi connectivity index (χ1n) is 3.82. The lowest BCUT2D eigenvalue weighted by molar-refractivity contribution is 0.285. The van der Waals surface area contributed by atoms with Gasteiger partial charge >= 0.3 is 0 Å². The van der Waals surface area contributed by atoms with E-state index in [1.807, 2.05) is 11.4 Å². The van der Waals surface area contributed by atoms with E-state index in [1.54, 1.807) is 6.08 Å². The summed E-state index contributed by atoms with van der Waals surface area (Å²) in [4.78, 5) is 0.963. The molecular formula is C9H13NOS. The Morgan fingerprint density at radius 2 is 2.50 bits per heavy atom. The number of hydrogen-bond acceptors (Lipinski definition) is 3. The number of nitrogens with two attached hydrogens (primary N) is 1. The molecule has 0 aromatic carbocycles. The van der Waals surface area contributed by atoms with Crippen LogP contribution in [0.2, 0.25) is 0 Å². The molecule has 0 aliphatic rings. The Bertz CT molecular complexity index is 257. The van der Waals surface area contributed by atoms with Gasteiger partial charge in [-0.05, 0) is 23.4 Å². The van der Waals surface area contributed by atoms with Gasteiger partial charge in [0.2, 0.25) is 0 Å². The molecule has 3 heteroatoms. The molecule has 66 valence electrons. The average Bonchev–Trinajstić information content (AvgIpc) is 2.52. The van der Waals surface area contributed by atoms with Crippen molar-refractivity contribution < 1.29 is 5.11 Å². The molecule has 0 saturated heterocycles. The highest BCUT2D eigenvalue weighted by Gasteiger charge is 2.05. The van der Waals surface area contributed by atoms with Crippen LogP contribution in [0.3, 0.4) is 0 Å². The van der Waals surface area contributed by atoms with Crippen molar-refractivity contribution in [3.63, 3.8) is 0 Å². The number of aliphatic hydroxyl groups is 1. The molecule has 0 spiro atoms. The van der Waals surface area contributed by atoms with Gasteiger partial charge in [0, 0.05) is 10.9 Å². The molecule has 2 nitrogen and oxygen atoms in total. The highest BCUT2D eigenvalue weighted by atomic mass is 32.1. The van der Waals surface area contributed by atoms with Crippen molar-refractivity contribution in [2.75, 3.05) is 0 Å². The van der Waals surface area contributed by atoms with Crippen LogP contribution in [0, 0.1) is 0 Å². The van der Waals surface area contributed by atoms with Crippen LogP contribution in [0.15, 0.2) is 24.1 Å². The summed E-state index contributed by atoms with van der Waals surface area (Å²) in [7, 11) is 0. The predicted molar refractivity (Wildman–Crippen MR) is 52.0 cm³/mol. The summed E-state index contributed by atoms with van der Waals surface area (Å²) in [5, 5.41) is 10.8. The highest BCUT2D eigenvalue weighted by molar-refractivity contribution is 7.10. The Labute approximate surface area is 76.3 Å². The van der Waals surface area contributed by atoms with E-state index in [0.717, 1.165) is 16.9 Å². The highest BCUT2D eigenvalue weighted by Crippen LogP contribution is 2.21. The fraction of sp³-hybridized carbons (Fsp3) is 0.333. The van der Waals surface area contributed by atoms with E-state index in [4.69, 9.17) is 10.8 Å². The first kappa shape index (κ1) is 9.45. The van der Waals surface area contributed by atoms with Gasteiger partial charge in [-0.1, -0.05) is 6.08 Å². The third-order valence-corrected chi connectivity index (χ3v) is 2.62. The Morgan fingerprint density at radius 1 is 1.75 bits per heavy atom. The van der Waals surface area contributed by atoms with Gasteiger partial charge in [0.15, 0.2) is 0 Å². The van der Waals surface area contributed by atoms with E-state index in [9.17, 15) is 0 Å². The molecule has 0 fully saturated rings. The Hall–Kier alpha value is -0.640. The molecule has 0 radical (unpaired) electrons. The molecule has 1 heterocycles. The number of thiophene rings is 1. The van der Waals surface area contributed by atoms with E-state index in [2.05, 4.69) is 6.58 Å². The van der Waals surface area contributed by atoms with Crippen molar-refractivity contribution in [2.24, 2.45) is 5.73 Å². The van der Waals surface area contributed by atoms with Crippen LogP contribution in [0.25, 0.3) is 0 Å². The largest absolute Gasteiger partial charge is 0.391 e. The van der Waals surface area contributed by atoms with Crippen molar-refractivity contribution >= 4 is 11.3 Å². The van der Waals surface area contributed by atoms with Crippen molar-refractivity contribution in [1.82, 2.24) is 0 Å². The first-order valence-corrected chi connectivity index (χ1v) is 4.70. The second-order valence-electron chi connectivity index (χ2n) is 2.64. The number of rotatable bonds is 4. The molecular weight excluding hydrogens is 170 g/mol. The molecule has 1 rings (SSSR count). The quantitative estimate of drug-likeness (QED) is 0.699. The molecule has 0 bridgehead atoms. The molecule has 0 aliphatic carbocycles. The lowest BCUT2D eigenvalue weighted by Crippen LogP contribution is -2.07. The lowest BCUT2D eigenvalue weighted by Gasteiger charge is -2.04. The summed E-state index contributed by atoms with van der Waals surface area (Å²) in [5.41, 5.74) is 6.91. The zero-order valence-electron chi connectivity index (χ0n) is 6.86. The molecule has 1 aromatic heterocycles. The maximum atomic E-state index is 8.81. The van der Waals surface area contributed by atoms with Crippen molar-refractivity contribution in [2.45, 2.75) is 19.1 Å². The van der Waals surface area contributed by atoms with E-state index < -0.39 is 0 Å². The Balaban J connectivity index is 2.67. The molecule has 1 unspecified atom stereocenters. The van der Waals surface area contributed by atoms with Gasteiger partial charge in [0.25, 0.3) is 0 Å². The van der Waals surface area contributed by atoms with Gasteiger partial charge in [0.1, 0.15) is 0 Å². The fourth-order valence-corrected chi connectivity index (χ4v) is 1.80. The van der Waals surface area contributed by atoms with Gasteiger partial charge in [-0.2, -0.15) is 0 Å². The maximum absolute atomic E-state index is 8.81. The molecule has 0 amide bonds. The van der Waals surface area contributed by atoms with Gasteiger partial charge in [-0.25, -0.2) is 0 Å². The monoisotopic (exact) mass is 183 g/mol. The van der Waals surface area contributed by atoms with Crippen LogP contribution in [-0.4, -0.2) is 5.11 Å². The first-order chi connectivity index (χ1) is 5.77. The van der Waals surface area contributed by atoms with Gasteiger partial charge in [-0.3, -0.25) is 0 Å². The average molecular weight is 183 g/mol. The molecule has 3 N–H and O–H groups in total. The van der Waals surface area contributed by atoms with E-state index in [1.165, 1.54) is 11.3 Å². The summed E-state index contributed by atoms with van der Waals surface area (Å²) in [5.74, 6) is 0. The minimum Gasteiger partial charge on any atom is -0.391 e. The van der Waals surface area contributed by atoms with E-state index in [-0.39, 0.29) is 12.6 Å². The lowest BCUT2D eigenvalue weighted by atomic mass is 10.1. The standard InChI is InChI=1S/C9H13NOS/c1-2-3-9(10)7-4-8(5-11)12-6-7/h2,4,6,9,11H,1,3,5,10H2. The molecule has 1 atom stereocenters. The van der Waals surface area contributed by atoms with Crippen molar-refractivity contribution in [3.8, 4) is 0 Å². The van der Waals surface area contributed by atoms with Crippen molar-refractivity contribution in [3.05, 3.63) is 34.5 Å². The van der Waals surface area contributed by atoms with Crippen LogP contribution in [-0.2, 0) is 6.61 Å². The summed E-state index contributed by atoms with van der Waals surface area (Å²) in [6, 6.07) is 1.97. The van der Waals surface area contributed by atoms with Crippen LogP contribution >= 0.6 is 11.3 Å². The van der Waals surface area contributed by atoms with Gasteiger partial charge < -0.3 is 10.8 Å². The molecule has 0 saturated carbocycles. The third kappa shape index (κ3) is 2.17. The normalized spacial score (nSPS) is 12.8. The van der Waals surface area contributed by atoms with E-state index >= 15 is 0 Å². The maximum Gasteiger partial charge on any atom is 0.0774 e. The Morgan fingerprint density at radius 3 is 3.00 bits per heavy atom. The minimum absolute atomic E-state index is 0.0269. The van der Waals surface area contributed by atoms with Gasteiger partial charge in [-0.15, -0.1) is 17.9 Å². The predicted octanol–water partition coefficient (Wildman–Crippen LogP) is 1.82. The minimum atomic E-state index is 0.0269. The summed E-state index contributed by atoms with van der Waals surface area (Å²) in [6.45, 7) is 3.73. The molecule has 0 aliphatic heterocycles. The van der Waals surface area contributed by atoms with Crippen LogP contribution in [0.5, 0.6) is 0 Å². The fourth-order valence-electron chi connectivity index (χ4n) is 0.991. The molecule has 12 heavy (non-hydrogen) atoms. The van der Waals surface area contributed by atoms with Crippen LogP contribution < -0.4 is 5.73 Å². The van der Waals surface area contributed by atoms with Gasteiger partial charge in [0.05, 0.1) is 6.61 Å². The third-order valence-electron chi connectivity index (χ3n) is 1.68. The topological polar surface area (TPSA) is 46.2 Å².